The summed E-state index contributed by atoms with van der Waals surface area (Å²) >= 11 is 7.58. The van der Waals surface area contributed by atoms with E-state index in [1.807, 2.05) is 5.38 Å². The van der Waals surface area contributed by atoms with E-state index in [0.717, 1.165) is 10.7 Å². The van der Waals surface area contributed by atoms with Crippen molar-refractivity contribution in [1.82, 2.24) is 14.5 Å². The van der Waals surface area contributed by atoms with Gasteiger partial charge in [0.15, 0.2) is 0 Å². The highest BCUT2D eigenvalue weighted by Gasteiger charge is 2.09. The van der Waals surface area contributed by atoms with Gasteiger partial charge in [0.05, 0.1) is 34.5 Å². The van der Waals surface area contributed by atoms with Gasteiger partial charge in [0.25, 0.3) is 5.56 Å². The van der Waals surface area contributed by atoms with Gasteiger partial charge in [-0.3, -0.25) is 9.36 Å². The number of rotatable bonds is 3. The predicted molar refractivity (Wildman–Crippen MR) is 86.3 cm³/mol. The molecule has 0 aliphatic carbocycles. The second-order valence-electron chi connectivity index (χ2n) is 5.17. The van der Waals surface area contributed by atoms with Crippen LogP contribution in [0.2, 0.25) is 5.02 Å². The molecule has 3 aromatic rings. The molecule has 0 fully saturated rings. The molecule has 0 bridgehead atoms. The van der Waals surface area contributed by atoms with Gasteiger partial charge in [0.1, 0.15) is 0 Å². The summed E-state index contributed by atoms with van der Waals surface area (Å²) in [5.41, 5.74) is 1.44. The molecule has 2 aromatic heterocycles. The predicted octanol–water partition coefficient (Wildman–Crippen LogP) is 3.68. The van der Waals surface area contributed by atoms with E-state index in [0.29, 0.717) is 28.4 Å². The quantitative estimate of drug-likeness (QED) is 0.740. The lowest BCUT2D eigenvalue weighted by Crippen LogP contribution is -2.21. The summed E-state index contributed by atoms with van der Waals surface area (Å²) in [6.07, 6.45) is 1.56. The molecule has 0 amide bonds. The summed E-state index contributed by atoms with van der Waals surface area (Å²) in [4.78, 5) is 21.3. The van der Waals surface area contributed by atoms with Crippen LogP contribution in [0.4, 0.5) is 0 Å². The molecule has 6 heteroatoms. The molecular formula is C15H14ClN3OS. The van der Waals surface area contributed by atoms with Crippen molar-refractivity contribution >= 4 is 33.8 Å². The van der Waals surface area contributed by atoms with Gasteiger partial charge in [-0.2, -0.15) is 0 Å². The first-order valence-corrected chi connectivity index (χ1v) is 7.89. The number of thiazole rings is 1. The fourth-order valence-corrected chi connectivity index (χ4v) is 3.08. The Morgan fingerprint density at radius 1 is 1.38 bits per heavy atom. The maximum atomic E-state index is 12.5. The van der Waals surface area contributed by atoms with Gasteiger partial charge >= 0.3 is 0 Å². The number of hydrogen-bond acceptors (Lipinski definition) is 4. The molecular weight excluding hydrogens is 306 g/mol. The van der Waals surface area contributed by atoms with E-state index in [-0.39, 0.29) is 5.56 Å². The third-order valence-electron chi connectivity index (χ3n) is 3.18. The summed E-state index contributed by atoms with van der Waals surface area (Å²) < 4.78 is 1.57. The van der Waals surface area contributed by atoms with Gasteiger partial charge in [-0.05, 0) is 18.2 Å². The Morgan fingerprint density at radius 3 is 2.90 bits per heavy atom. The lowest BCUT2D eigenvalue weighted by atomic mass is 10.2. The van der Waals surface area contributed by atoms with Crippen LogP contribution in [0.25, 0.3) is 10.9 Å². The van der Waals surface area contributed by atoms with E-state index >= 15 is 0 Å². The molecule has 2 heterocycles. The fourth-order valence-electron chi connectivity index (χ4n) is 2.08. The first kappa shape index (κ1) is 14.2. The van der Waals surface area contributed by atoms with Crippen molar-refractivity contribution in [2.24, 2.45) is 0 Å². The fraction of sp³-hybridized carbons (Fsp3) is 0.267. The van der Waals surface area contributed by atoms with Gasteiger partial charge in [-0.15, -0.1) is 11.3 Å². The number of hydrogen-bond donors (Lipinski definition) is 0. The van der Waals surface area contributed by atoms with Crippen molar-refractivity contribution in [3.8, 4) is 0 Å². The monoisotopic (exact) mass is 319 g/mol. The van der Waals surface area contributed by atoms with Crippen LogP contribution in [0, 0.1) is 0 Å². The molecule has 21 heavy (non-hydrogen) atoms. The van der Waals surface area contributed by atoms with Gasteiger partial charge < -0.3 is 0 Å². The molecule has 0 atom stereocenters. The van der Waals surface area contributed by atoms with Crippen LogP contribution in [0.1, 0.15) is 30.5 Å². The minimum absolute atomic E-state index is 0.0957. The number of aromatic nitrogens is 3. The zero-order valence-electron chi connectivity index (χ0n) is 11.7. The normalized spacial score (nSPS) is 11.4. The van der Waals surface area contributed by atoms with Gasteiger partial charge in [0.2, 0.25) is 0 Å². The van der Waals surface area contributed by atoms with E-state index in [9.17, 15) is 4.79 Å². The van der Waals surface area contributed by atoms with Crippen molar-refractivity contribution in [2.75, 3.05) is 0 Å². The van der Waals surface area contributed by atoms with Gasteiger partial charge in [0, 0.05) is 16.3 Å². The molecule has 0 radical (unpaired) electrons. The molecule has 4 nitrogen and oxygen atoms in total. The summed E-state index contributed by atoms with van der Waals surface area (Å²) in [6, 6.07) is 5.14. The van der Waals surface area contributed by atoms with Gasteiger partial charge in [-0.1, -0.05) is 25.4 Å². The number of fused-ring (bicyclic) bond motifs is 1. The summed E-state index contributed by atoms with van der Waals surface area (Å²) in [5, 5.41) is 4.14. The molecule has 0 aliphatic heterocycles. The smallest absolute Gasteiger partial charge is 0.261 e. The molecule has 0 spiro atoms. The van der Waals surface area contributed by atoms with Crippen molar-refractivity contribution in [3.05, 3.63) is 56.0 Å². The maximum Gasteiger partial charge on any atom is 0.261 e. The van der Waals surface area contributed by atoms with Crippen molar-refractivity contribution in [3.63, 3.8) is 0 Å². The molecule has 0 aliphatic rings. The standard InChI is InChI=1S/C15H14ClN3OS/c1-9(2)14-18-11(7-21-14)6-19-8-17-13-4-3-10(16)5-12(13)15(19)20/h3-5,7-9H,6H2,1-2H3. The molecule has 0 saturated heterocycles. The Kier molecular flexibility index (Phi) is 3.78. The van der Waals surface area contributed by atoms with Crippen LogP contribution < -0.4 is 5.56 Å². The van der Waals surface area contributed by atoms with Crippen molar-refractivity contribution < 1.29 is 0 Å². The van der Waals surface area contributed by atoms with E-state index < -0.39 is 0 Å². The summed E-state index contributed by atoms with van der Waals surface area (Å²) in [7, 11) is 0. The first-order chi connectivity index (χ1) is 10.0. The summed E-state index contributed by atoms with van der Waals surface area (Å²) in [6.45, 7) is 4.64. The first-order valence-electron chi connectivity index (χ1n) is 6.63. The van der Waals surface area contributed by atoms with Crippen LogP contribution in [0.5, 0.6) is 0 Å². The number of nitrogens with zero attached hydrogens (tertiary/aromatic N) is 3. The SMILES string of the molecule is CC(C)c1nc(Cn2cnc3ccc(Cl)cc3c2=O)cs1. The highest BCUT2D eigenvalue weighted by atomic mass is 35.5. The van der Waals surface area contributed by atoms with Gasteiger partial charge in [-0.25, -0.2) is 9.97 Å². The maximum absolute atomic E-state index is 12.5. The van der Waals surface area contributed by atoms with Crippen molar-refractivity contribution in [1.29, 1.82) is 0 Å². The van der Waals surface area contributed by atoms with Crippen LogP contribution in [-0.2, 0) is 6.54 Å². The van der Waals surface area contributed by atoms with Crippen molar-refractivity contribution in [2.45, 2.75) is 26.3 Å². The Labute approximate surface area is 131 Å². The molecule has 1 aromatic carbocycles. The van der Waals surface area contributed by atoms with E-state index in [2.05, 4.69) is 23.8 Å². The minimum atomic E-state index is -0.0957. The highest BCUT2D eigenvalue weighted by molar-refractivity contribution is 7.09. The Hall–Kier alpha value is -1.72. The highest BCUT2D eigenvalue weighted by Crippen LogP contribution is 2.19. The third-order valence-corrected chi connectivity index (χ3v) is 4.61. The second-order valence-corrected chi connectivity index (χ2v) is 6.50. The average Bonchev–Trinajstić information content (AvgIpc) is 2.91. The zero-order valence-corrected chi connectivity index (χ0v) is 13.3. The minimum Gasteiger partial charge on any atom is -0.293 e. The van der Waals surface area contributed by atoms with E-state index in [1.54, 1.807) is 40.4 Å². The molecule has 0 saturated carbocycles. The Bertz CT molecular complexity index is 853. The number of halogens is 1. The molecule has 0 N–H and O–H groups in total. The largest absolute Gasteiger partial charge is 0.293 e. The molecule has 3 rings (SSSR count). The average molecular weight is 320 g/mol. The van der Waals surface area contributed by atoms with Crippen LogP contribution in [0.3, 0.4) is 0 Å². The van der Waals surface area contributed by atoms with E-state index in [4.69, 9.17) is 11.6 Å². The molecule has 108 valence electrons. The van der Waals surface area contributed by atoms with Crippen LogP contribution in [-0.4, -0.2) is 14.5 Å². The van der Waals surface area contributed by atoms with Crippen LogP contribution >= 0.6 is 22.9 Å². The van der Waals surface area contributed by atoms with Crippen LogP contribution in [0.15, 0.2) is 34.7 Å². The Balaban J connectivity index is 2.00. The summed E-state index contributed by atoms with van der Waals surface area (Å²) in [5.74, 6) is 0.397. The zero-order chi connectivity index (χ0) is 15.0. The third kappa shape index (κ3) is 2.84. The second kappa shape index (κ2) is 5.58. The van der Waals surface area contributed by atoms with E-state index in [1.165, 1.54) is 0 Å². The number of benzene rings is 1. The lowest BCUT2D eigenvalue weighted by Gasteiger charge is -2.05. The lowest BCUT2D eigenvalue weighted by molar-refractivity contribution is 0.725. The topological polar surface area (TPSA) is 47.8 Å². The Morgan fingerprint density at radius 2 is 2.19 bits per heavy atom. The molecule has 0 unspecified atom stereocenters.